The lowest BCUT2D eigenvalue weighted by molar-refractivity contribution is -0.119. The largest absolute Gasteiger partial charge is 0.459 e. The molecule has 2 N–H and O–H groups in total. The summed E-state index contributed by atoms with van der Waals surface area (Å²) in [5.41, 5.74) is 0.976. The first kappa shape index (κ1) is 19.8. The number of para-hydroxylation sites is 1. The van der Waals surface area contributed by atoms with Gasteiger partial charge in [-0.15, -0.1) is 0 Å². The van der Waals surface area contributed by atoms with Gasteiger partial charge in [0.15, 0.2) is 12.4 Å². The smallest absolute Gasteiger partial charge is 0.340 e. The number of benzene rings is 2. The highest BCUT2D eigenvalue weighted by Crippen LogP contribution is 2.18. The summed E-state index contributed by atoms with van der Waals surface area (Å²) in [7, 11) is 0. The highest BCUT2D eigenvalue weighted by Gasteiger charge is 2.17. The van der Waals surface area contributed by atoms with E-state index in [9.17, 15) is 18.8 Å². The van der Waals surface area contributed by atoms with Crippen molar-refractivity contribution in [3.05, 3.63) is 83.6 Å². The summed E-state index contributed by atoms with van der Waals surface area (Å²) in [6.07, 6.45) is 1.35. The standard InChI is InChI=1S/C21H17FN2O5/c1-13-8-9-14(11-16(13)22)23-19(25)12-29-21(27)15-5-2-3-6-17(15)24-20(26)18-7-4-10-28-18/h2-11H,12H2,1H3,(H,23,25)(H,24,26). The molecule has 2 amide bonds. The van der Waals surface area contributed by atoms with Crippen molar-refractivity contribution in [3.8, 4) is 0 Å². The molecular weight excluding hydrogens is 379 g/mol. The number of carbonyl (C=O) groups is 3. The number of hydrogen-bond donors (Lipinski definition) is 2. The zero-order chi connectivity index (χ0) is 20.8. The molecule has 0 fully saturated rings. The molecule has 3 rings (SSSR count). The maximum absolute atomic E-state index is 13.5. The fourth-order valence-corrected chi connectivity index (χ4v) is 2.44. The molecule has 29 heavy (non-hydrogen) atoms. The highest BCUT2D eigenvalue weighted by atomic mass is 19.1. The minimum absolute atomic E-state index is 0.0709. The predicted octanol–water partition coefficient (Wildman–Crippen LogP) is 3.77. The molecule has 0 aliphatic heterocycles. The number of furan rings is 1. The average Bonchev–Trinajstić information content (AvgIpc) is 3.24. The van der Waals surface area contributed by atoms with Gasteiger partial charge in [0.1, 0.15) is 5.82 Å². The van der Waals surface area contributed by atoms with Crippen LogP contribution < -0.4 is 10.6 Å². The van der Waals surface area contributed by atoms with Gasteiger partial charge < -0.3 is 19.8 Å². The average molecular weight is 396 g/mol. The van der Waals surface area contributed by atoms with E-state index in [4.69, 9.17) is 9.15 Å². The first-order valence-electron chi connectivity index (χ1n) is 8.61. The molecule has 1 aromatic heterocycles. The number of ether oxygens (including phenoxy) is 1. The maximum atomic E-state index is 13.5. The molecule has 0 atom stereocenters. The van der Waals surface area contributed by atoms with Gasteiger partial charge in [-0.25, -0.2) is 9.18 Å². The monoisotopic (exact) mass is 396 g/mol. The lowest BCUT2D eigenvalue weighted by Crippen LogP contribution is -2.22. The van der Waals surface area contributed by atoms with E-state index in [1.165, 1.54) is 42.7 Å². The Morgan fingerprint density at radius 1 is 1.03 bits per heavy atom. The molecule has 7 nitrogen and oxygen atoms in total. The topological polar surface area (TPSA) is 97.6 Å². The molecule has 2 aromatic carbocycles. The predicted molar refractivity (Wildman–Crippen MR) is 103 cm³/mol. The van der Waals surface area contributed by atoms with Gasteiger partial charge >= 0.3 is 5.97 Å². The number of rotatable bonds is 6. The van der Waals surface area contributed by atoms with Crippen molar-refractivity contribution in [2.45, 2.75) is 6.92 Å². The van der Waals surface area contributed by atoms with E-state index in [1.807, 2.05) is 0 Å². The fourth-order valence-electron chi connectivity index (χ4n) is 2.44. The van der Waals surface area contributed by atoms with E-state index in [1.54, 1.807) is 25.1 Å². The molecule has 0 spiro atoms. The zero-order valence-corrected chi connectivity index (χ0v) is 15.4. The zero-order valence-electron chi connectivity index (χ0n) is 15.4. The van der Waals surface area contributed by atoms with E-state index in [0.29, 0.717) is 5.56 Å². The number of nitrogens with one attached hydrogen (secondary N) is 2. The summed E-state index contributed by atoms with van der Waals surface area (Å²) in [6.45, 7) is 1.03. The van der Waals surface area contributed by atoms with Gasteiger partial charge in [0.2, 0.25) is 0 Å². The second-order valence-electron chi connectivity index (χ2n) is 6.07. The number of esters is 1. The Morgan fingerprint density at radius 2 is 1.83 bits per heavy atom. The Labute approximate surface area is 165 Å². The van der Waals surface area contributed by atoms with Crippen molar-refractivity contribution in [1.29, 1.82) is 0 Å². The van der Waals surface area contributed by atoms with Gasteiger partial charge in [-0.1, -0.05) is 18.2 Å². The summed E-state index contributed by atoms with van der Waals surface area (Å²) in [5.74, 6) is -2.34. The maximum Gasteiger partial charge on any atom is 0.340 e. The van der Waals surface area contributed by atoms with Crippen molar-refractivity contribution < 1.29 is 27.9 Å². The number of hydrogen-bond acceptors (Lipinski definition) is 5. The summed E-state index contributed by atoms with van der Waals surface area (Å²) < 4.78 is 23.6. The number of amides is 2. The van der Waals surface area contributed by atoms with E-state index < -0.39 is 30.2 Å². The Morgan fingerprint density at radius 3 is 2.55 bits per heavy atom. The van der Waals surface area contributed by atoms with Crippen LogP contribution in [0.1, 0.15) is 26.5 Å². The van der Waals surface area contributed by atoms with Crippen molar-refractivity contribution in [2.24, 2.45) is 0 Å². The molecule has 3 aromatic rings. The minimum atomic E-state index is -0.800. The molecule has 0 unspecified atom stereocenters. The van der Waals surface area contributed by atoms with Crippen LogP contribution in [0.15, 0.2) is 65.3 Å². The highest BCUT2D eigenvalue weighted by molar-refractivity contribution is 6.07. The lowest BCUT2D eigenvalue weighted by atomic mass is 10.1. The number of halogens is 1. The third kappa shape index (κ3) is 5.07. The van der Waals surface area contributed by atoms with Crippen molar-refractivity contribution >= 4 is 29.2 Å². The molecule has 0 bridgehead atoms. The molecule has 0 saturated heterocycles. The molecule has 0 radical (unpaired) electrons. The molecule has 148 valence electrons. The number of carbonyl (C=O) groups excluding carboxylic acids is 3. The molecule has 0 saturated carbocycles. The third-order valence-electron chi connectivity index (χ3n) is 3.93. The van der Waals surface area contributed by atoms with Gasteiger partial charge in [-0.05, 0) is 48.9 Å². The van der Waals surface area contributed by atoms with E-state index in [2.05, 4.69) is 10.6 Å². The van der Waals surface area contributed by atoms with E-state index in [0.717, 1.165) is 0 Å². The van der Waals surface area contributed by atoms with Crippen LogP contribution in [0.5, 0.6) is 0 Å². The van der Waals surface area contributed by atoms with Gasteiger partial charge in [-0.3, -0.25) is 9.59 Å². The molecular formula is C21H17FN2O5. The number of aryl methyl sites for hydroxylation is 1. The van der Waals surface area contributed by atoms with Crippen molar-refractivity contribution in [3.63, 3.8) is 0 Å². The Balaban J connectivity index is 1.61. The lowest BCUT2D eigenvalue weighted by Gasteiger charge is -2.11. The first-order chi connectivity index (χ1) is 13.9. The van der Waals surface area contributed by atoms with Crippen LogP contribution in [-0.4, -0.2) is 24.4 Å². The first-order valence-corrected chi connectivity index (χ1v) is 8.61. The molecule has 0 aliphatic rings. The van der Waals surface area contributed by atoms with Gasteiger partial charge in [0, 0.05) is 5.69 Å². The SMILES string of the molecule is Cc1ccc(NC(=O)COC(=O)c2ccccc2NC(=O)c2ccco2)cc1F. The van der Waals surface area contributed by atoms with Crippen LogP contribution in [0.4, 0.5) is 15.8 Å². The van der Waals surface area contributed by atoms with Crippen LogP contribution in [0.25, 0.3) is 0 Å². The van der Waals surface area contributed by atoms with Crippen LogP contribution in [0, 0.1) is 12.7 Å². The van der Waals surface area contributed by atoms with E-state index >= 15 is 0 Å². The second-order valence-corrected chi connectivity index (χ2v) is 6.07. The molecule has 0 aliphatic carbocycles. The van der Waals surface area contributed by atoms with Crippen LogP contribution in [-0.2, 0) is 9.53 Å². The fraction of sp³-hybridized carbons (Fsp3) is 0.0952. The van der Waals surface area contributed by atoms with Gasteiger partial charge in [-0.2, -0.15) is 0 Å². The Hall–Kier alpha value is -3.94. The number of anilines is 2. The van der Waals surface area contributed by atoms with Crippen LogP contribution in [0.3, 0.4) is 0 Å². The summed E-state index contributed by atoms with van der Waals surface area (Å²) in [5, 5.41) is 5.00. The van der Waals surface area contributed by atoms with Crippen LogP contribution in [0.2, 0.25) is 0 Å². The van der Waals surface area contributed by atoms with E-state index in [-0.39, 0.29) is 22.7 Å². The summed E-state index contributed by atoms with van der Waals surface area (Å²) in [4.78, 5) is 36.4. The minimum Gasteiger partial charge on any atom is -0.459 e. The van der Waals surface area contributed by atoms with Crippen molar-refractivity contribution in [1.82, 2.24) is 0 Å². The summed E-state index contributed by atoms with van der Waals surface area (Å²) >= 11 is 0. The molecule has 1 heterocycles. The Kier molecular flexibility index (Phi) is 6.03. The third-order valence-corrected chi connectivity index (χ3v) is 3.93. The normalized spacial score (nSPS) is 10.3. The Bertz CT molecular complexity index is 1050. The van der Waals surface area contributed by atoms with Crippen molar-refractivity contribution in [2.75, 3.05) is 17.2 Å². The van der Waals surface area contributed by atoms with Gasteiger partial charge in [0.05, 0.1) is 17.5 Å². The van der Waals surface area contributed by atoms with Gasteiger partial charge in [0.25, 0.3) is 11.8 Å². The molecule has 8 heteroatoms. The summed E-state index contributed by atoms with van der Waals surface area (Å²) in [6, 6.07) is 13.5. The quantitative estimate of drug-likeness (QED) is 0.618. The second kappa shape index (κ2) is 8.83. The van der Waals surface area contributed by atoms with Crippen LogP contribution >= 0.6 is 0 Å².